The molecule has 0 aromatic carbocycles. The molecule has 1 aliphatic carbocycles. The van der Waals surface area contributed by atoms with E-state index in [0.29, 0.717) is 18.1 Å². The first kappa shape index (κ1) is 16.9. The van der Waals surface area contributed by atoms with E-state index < -0.39 is 6.10 Å². The van der Waals surface area contributed by atoms with Crippen LogP contribution in [0.2, 0.25) is 0 Å². The smallest absolute Gasteiger partial charge is 0.254 e. The third-order valence-corrected chi connectivity index (χ3v) is 4.08. The van der Waals surface area contributed by atoms with Gasteiger partial charge in [-0.05, 0) is 32.6 Å². The Hall–Kier alpha value is -1.49. The minimum Gasteiger partial charge on any atom is -0.365 e. The van der Waals surface area contributed by atoms with Crippen LogP contribution in [0.25, 0.3) is 0 Å². The highest BCUT2D eigenvalue weighted by Gasteiger charge is 2.23. The molecule has 0 saturated heterocycles. The quantitative estimate of drug-likeness (QED) is 0.874. The number of carbonyl (C=O) groups is 1. The average molecular weight is 305 g/mol. The SMILES string of the molecule is CCc1cc(NC(=O)C(CC)OC2CCCCC2)nc(C)n1. The minimum atomic E-state index is -0.400. The van der Waals surface area contributed by atoms with Gasteiger partial charge < -0.3 is 10.1 Å². The van der Waals surface area contributed by atoms with E-state index in [0.717, 1.165) is 25.0 Å². The summed E-state index contributed by atoms with van der Waals surface area (Å²) in [4.78, 5) is 21.0. The third-order valence-electron chi connectivity index (χ3n) is 4.08. The largest absolute Gasteiger partial charge is 0.365 e. The van der Waals surface area contributed by atoms with Gasteiger partial charge in [0, 0.05) is 11.8 Å². The Balaban J connectivity index is 1.97. The van der Waals surface area contributed by atoms with E-state index in [1.807, 2.05) is 26.8 Å². The van der Waals surface area contributed by atoms with Crippen molar-refractivity contribution in [2.24, 2.45) is 0 Å². The Morgan fingerprint density at radius 1 is 1.32 bits per heavy atom. The minimum absolute atomic E-state index is 0.103. The van der Waals surface area contributed by atoms with E-state index in [-0.39, 0.29) is 12.0 Å². The second-order valence-electron chi connectivity index (χ2n) is 5.93. The maximum atomic E-state index is 12.4. The molecule has 22 heavy (non-hydrogen) atoms. The summed E-state index contributed by atoms with van der Waals surface area (Å²) in [5.41, 5.74) is 0.934. The van der Waals surface area contributed by atoms with Gasteiger partial charge in [0.2, 0.25) is 0 Å². The van der Waals surface area contributed by atoms with Crippen LogP contribution in [-0.2, 0) is 16.0 Å². The number of carbonyl (C=O) groups excluding carboxylic acids is 1. The second-order valence-corrected chi connectivity index (χ2v) is 5.93. The Morgan fingerprint density at radius 2 is 2.05 bits per heavy atom. The molecule has 1 aromatic rings. The lowest BCUT2D eigenvalue weighted by molar-refractivity contribution is -0.132. The highest BCUT2D eigenvalue weighted by molar-refractivity contribution is 5.93. The number of aromatic nitrogens is 2. The number of amides is 1. The van der Waals surface area contributed by atoms with Gasteiger partial charge >= 0.3 is 0 Å². The molecule has 1 heterocycles. The molecule has 0 spiro atoms. The number of rotatable bonds is 6. The van der Waals surface area contributed by atoms with Gasteiger partial charge in [0.15, 0.2) is 0 Å². The summed E-state index contributed by atoms with van der Waals surface area (Å²) in [5.74, 6) is 1.14. The highest BCUT2D eigenvalue weighted by atomic mass is 16.5. The summed E-state index contributed by atoms with van der Waals surface area (Å²) in [7, 11) is 0. The molecule has 2 rings (SSSR count). The predicted molar refractivity (Wildman–Crippen MR) is 86.8 cm³/mol. The average Bonchev–Trinajstić information content (AvgIpc) is 2.52. The van der Waals surface area contributed by atoms with E-state index in [1.165, 1.54) is 19.3 Å². The van der Waals surface area contributed by atoms with E-state index in [1.54, 1.807) is 0 Å². The Morgan fingerprint density at radius 3 is 2.68 bits per heavy atom. The molecule has 1 unspecified atom stereocenters. The Labute approximate surface area is 132 Å². The normalized spacial score (nSPS) is 17.2. The zero-order chi connectivity index (χ0) is 15.9. The number of hydrogen-bond acceptors (Lipinski definition) is 4. The molecule has 5 nitrogen and oxygen atoms in total. The molecule has 0 bridgehead atoms. The third kappa shape index (κ3) is 4.77. The Kier molecular flexibility index (Phi) is 6.31. The molecular weight excluding hydrogens is 278 g/mol. The zero-order valence-corrected chi connectivity index (χ0v) is 13.9. The van der Waals surface area contributed by atoms with Gasteiger partial charge in [0.1, 0.15) is 17.7 Å². The van der Waals surface area contributed by atoms with Crippen molar-refractivity contribution in [3.63, 3.8) is 0 Å². The van der Waals surface area contributed by atoms with Gasteiger partial charge in [-0.3, -0.25) is 4.79 Å². The molecule has 1 saturated carbocycles. The molecule has 0 aliphatic heterocycles. The summed E-state index contributed by atoms with van der Waals surface area (Å²) >= 11 is 0. The lowest BCUT2D eigenvalue weighted by Gasteiger charge is -2.26. The predicted octanol–water partition coefficient (Wildman–Crippen LogP) is 3.41. The number of aryl methyl sites for hydroxylation is 2. The zero-order valence-electron chi connectivity index (χ0n) is 13.9. The van der Waals surface area contributed by atoms with Crippen LogP contribution in [0.15, 0.2) is 6.07 Å². The first-order valence-electron chi connectivity index (χ1n) is 8.43. The lowest BCUT2D eigenvalue weighted by atomic mass is 9.97. The topological polar surface area (TPSA) is 64.1 Å². The maximum absolute atomic E-state index is 12.4. The monoisotopic (exact) mass is 305 g/mol. The van der Waals surface area contributed by atoms with Crippen LogP contribution in [0.3, 0.4) is 0 Å². The number of hydrogen-bond donors (Lipinski definition) is 1. The molecule has 5 heteroatoms. The van der Waals surface area contributed by atoms with Crippen LogP contribution in [0.1, 0.15) is 63.9 Å². The van der Waals surface area contributed by atoms with E-state index >= 15 is 0 Å². The summed E-state index contributed by atoms with van der Waals surface area (Å²) in [6.07, 6.45) is 7.14. The molecule has 1 fully saturated rings. The van der Waals surface area contributed by atoms with E-state index in [4.69, 9.17) is 4.74 Å². The van der Waals surface area contributed by atoms with Crippen LogP contribution in [-0.4, -0.2) is 28.1 Å². The molecule has 1 aliphatic rings. The van der Waals surface area contributed by atoms with Crippen LogP contribution >= 0.6 is 0 Å². The van der Waals surface area contributed by atoms with Gasteiger partial charge in [-0.2, -0.15) is 0 Å². The van der Waals surface area contributed by atoms with Gasteiger partial charge in [-0.25, -0.2) is 9.97 Å². The summed E-state index contributed by atoms with van der Waals surface area (Å²) in [6, 6.07) is 1.83. The number of nitrogens with one attached hydrogen (secondary N) is 1. The van der Waals surface area contributed by atoms with Crippen molar-refractivity contribution < 1.29 is 9.53 Å². The number of ether oxygens (including phenoxy) is 1. The van der Waals surface area contributed by atoms with Crippen molar-refractivity contribution in [3.8, 4) is 0 Å². The lowest BCUT2D eigenvalue weighted by Crippen LogP contribution is -2.34. The van der Waals surface area contributed by atoms with Crippen molar-refractivity contribution in [2.75, 3.05) is 5.32 Å². The maximum Gasteiger partial charge on any atom is 0.254 e. The van der Waals surface area contributed by atoms with Crippen LogP contribution in [0.4, 0.5) is 5.82 Å². The van der Waals surface area contributed by atoms with E-state index in [9.17, 15) is 4.79 Å². The molecule has 0 radical (unpaired) electrons. The van der Waals surface area contributed by atoms with Crippen molar-refractivity contribution in [2.45, 2.75) is 77.9 Å². The van der Waals surface area contributed by atoms with Crippen molar-refractivity contribution in [3.05, 3.63) is 17.6 Å². The van der Waals surface area contributed by atoms with Crippen LogP contribution in [0, 0.1) is 6.92 Å². The fourth-order valence-electron chi connectivity index (χ4n) is 2.86. The van der Waals surface area contributed by atoms with Crippen molar-refractivity contribution in [1.29, 1.82) is 0 Å². The molecule has 122 valence electrons. The number of nitrogens with zero attached hydrogens (tertiary/aromatic N) is 2. The molecule has 1 atom stereocenters. The van der Waals surface area contributed by atoms with Gasteiger partial charge in [0.05, 0.1) is 6.10 Å². The molecular formula is C17H27N3O2. The first-order chi connectivity index (χ1) is 10.6. The second kappa shape index (κ2) is 8.22. The first-order valence-corrected chi connectivity index (χ1v) is 8.43. The van der Waals surface area contributed by atoms with Crippen molar-refractivity contribution >= 4 is 11.7 Å². The summed E-state index contributed by atoms with van der Waals surface area (Å²) in [6.45, 7) is 5.86. The fraction of sp³-hybridized carbons (Fsp3) is 0.706. The molecule has 1 N–H and O–H groups in total. The van der Waals surface area contributed by atoms with Gasteiger partial charge in [-0.1, -0.05) is 33.1 Å². The van der Waals surface area contributed by atoms with Crippen LogP contribution in [0.5, 0.6) is 0 Å². The summed E-state index contributed by atoms with van der Waals surface area (Å²) in [5, 5.41) is 2.88. The standard InChI is InChI=1S/C17H27N3O2/c1-4-13-11-16(19-12(3)18-13)20-17(21)15(5-2)22-14-9-7-6-8-10-14/h11,14-15H,4-10H2,1-3H3,(H,18,19,20,21). The van der Waals surface area contributed by atoms with Gasteiger partial charge in [0.25, 0.3) is 5.91 Å². The highest BCUT2D eigenvalue weighted by Crippen LogP contribution is 2.22. The van der Waals surface area contributed by atoms with Gasteiger partial charge in [-0.15, -0.1) is 0 Å². The molecule has 1 amide bonds. The number of anilines is 1. The van der Waals surface area contributed by atoms with Crippen LogP contribution < -0.4 is 5.32 Å². The molecule has 1 aromatic heterocycles. The van der Waals surface area contributed by atoms with E-state index in [2.05, 4.69) is 15.3 Å². The Bertz CT molecular complexity index is 499. The van der Waals surface area contributed by atoms with Crippen molar-refractivity contribution in [1.82, 2.24) is 9.97 Å². The fourth-order valence-corrected chi connectivity index (χ4v) is 2.86. The summed E-state index contributed by atoms with van der Waals surface area (Å²) < 4.78 is 6.01.